The fourth-order valence-corrected chi connectivity index (χ4v) is 3.05. The van der Waals surface area contributed by atoms with E-state index in [1.165, 1.54) is 0 Å². The Kier molecular flexibility index (Phi) is 7.38. The lowest BCUT2D eigenvalue weighted by atomic mass is 10.1. The molecule has 0 saturated carbocycles. The quantitative estimate of drug-likeness (QED) is 0.370. The first-order valence-corrected chi connectivity index (χ1v) is 9.39. The van der Waals surface area contributed by atoms with Crippen molar-refractivity contribution in [2.75, 3.05) is 11.9 Å². The van der Waals surface area contributed by atoms with E-state index < -0.39 is 23.1 Å². The SMILES string of the molecule is CC(C)(CCO)ONC(=O)c1ccc(F)c(F)c1Nc1ccc(I)cc1Cl. The van der Waals surface area contributed by atoms with Crippen LogP contribution in [0, 0.1) is 15.2 Å². The van der Waals surface area contributed by atoms with Crippen LogP contribution in [-0.4, -0.2) is 23.2 Å². The van der Waals surface area contributed by atoms with Crippen LogP contribution < -0.4 is 10.8 Å². The molecular weight excluding hydrogens is 493 g/mol. The number of aliphatic hydroxyl groups excluding tert-OH is 1. The normalized spacial score (nSPS) is 11.4. The number of anilines is 2. The Morgan fingerprint density at radius 2 is 2.00 bits per heavy atom. The first-order chi connectivity index (χ1) is 12.6. The van der Waals surface area contributed by atoms with Gasteiger partial charge in [-0.1, -0.05) is 11.6 Å². The Morgan fingerprint density at radius 1 is 1.30 bits per heavy atom. The molecule has 0 atom stereocenters. The lowest BCUT2D eigenvalue weighted by Gasteiger charge is -2.24. The van der Waals surface area contributed by atoms with Crippen LogP contribution in [0.3, 0.4) is 0 Å². The maximum absolute atomic E-state index is 14.4. The Balaban J connectivity index is 2.32. The van der Waals surface area contributed by atoms with E-state index in [4.69, 9.17) is 21.5 Å². The lowest BCUT2D eigenvalue weighted by molar-refractivity contribution is -0.0805. The molecule has 0 saturated heterocycles. The Labute approximate surface area is 174 Å². The van der Waals surface area contributed by atoms with Crippen molar-refractivity contribution in [3.63, 3.8) is 0 Å². The second kappa shape index (κ2) is 9.13. The van der Waals surface area contributed by atoms with Gasteiger partial charge in [0.2, 0.25) is 0 Å². The zero-order valence-corrected chi connectivity index (χ0v) is 17.5. The minimum absolute atomic E-state index is 0.133. The van der Waals surface area contributed by atoms with E-state index in [0.717, 1.165) is 15.7 Å². The van der Waals surface area contributed by atoms with Crippen LogP contribution in [0.4, 0.5) is 20.2 Å². The summed E-state index contributed by atoms with van der Waals surface area (Å²) in [5.74, 6) is -3.10. The largest absolute Gasteiger partial charge is 0.396 e. The lowest BCUT2D eigenvalue weighted by Crippen LogP contribution is -2.36. The summed E-state index contributed by atoms with van der Waals surface area (Å²) < 4.78 is 29.0. The highest BCUT2D eigenvalue weighted by molar-refractivity contribution is 14.1. The third kappa shape index (κ3) is 5.74. The molecule has 0 aliphatic rings. The minimum Gasteiger partial charge on any atom is -0.396 e. The molecule has 2 aromatic rings. The van der Waals surface area contributed by atoms with Gasteiger partial charge >= 0.3 is 0 Å². The highest BCUT2D eigenvalue weighted by Crippen LogP contribution is 2.31. The van der Waals surface area contributed by atoms with Crippen LogP contribution in [0.1, 0.15) is 30.6 Å². The third-order valence-corrected chi connectivity index (χ3v) is 4.65. The number of halogens is 4. The molecule has 0 radical (unpaired) electrons. The van der Waals surface area contributed by atoms with E-state index in [-0.39, 0.29) is 29.3 Å². The zero-order valence-electron chi connectivity index (χ0n) is 14.6. The van der Waals surface area contributed by atoms with Crippen LogP contribution in [-0.2, 0) is 4.84 Å². The van der Waals surface area contributed by atoms with Crippen molar-refractivity contribution < 1.29 is 23.5 Å². The van der Waals surface area contributed by atoms with Gasteiger partial charge in [-0.15, -0.1) is 0 Å². The number of benzene rings is 2. The van der Waals surface area contributed by atoms with Crippen molar-refractivity contribution in [3.05, 3.63) is 56.1 Å². The highest BCUT2D eigenvalue weighted by Gasteiger charge is 2.23. The monoisotopic (exact) mass is 510 g/mol. The Bertz CT molecular complexity index is 850. The summed E-state index contributed by atoms with van der Waals surface area (Å²) in [4.78, 5) is 17.7. The third-order valence-electron chi connectivity index (χ3n) is 3.66. The van der Waals surface area contributed by atoms with Crippen molar-refractivity contribution in [1.82, 2.24) is 5.48 Å². The van der Waals surface area contributed by atoms with Crippen LogP contribution >= 0.6 is 34.2 Å². The molecule has 0 fully saturated rings. The minimum atomic E-state index is -1.22. The second-order valence-electron chi connectivity index (χ2n) is 6.30. The molecule has 0 bridgehead atoms. The second-order valence-corrected chi connectivity index (χ2v) is 7.95. The van der Waals surface area contributed by atoms with Gasteiger partial charge in [0.25, 0.3) is 5.91 Å². The number of carbonyl (C=O) groups excluding carboxylic acids is 1. The van der Waals surface area contributed by atoms with Crippen LogP contribution in [0.2, 0.25) is 5.02 Å². The number of aliphatic hydroxyl groups is 1. The summed E-state index contributed by atoms with van der Waals surface area (Å²) >= 11 is 8.19. The number of hydroxylamine groups is 1. The molecule has 0 aliphatic heterocycles. The number of hydrogen-bond donors (Lipinski definition) is 3. The smallest absolute Gasteiger partial charge is 0.277 e. The van der Waals surface area contributed by atoms with E-state index in [0.29, 0.717) is 5.69 Å². The molecule has 1 amide bonds. The van der Waals surface area contributed by atoms with Gasteiger partial charge in [0.05, 0.1) is 27.6 Å². The number of carbonyl (C=O) groups is 1. The summed E-state index contributed by atoms with van der Waals surface area (Å²) in [6.45, 7) is 3.20. The van der Waals surface area contributed by atoms with Gasteiger partial charge in [-0.25, -0.2) is 14.3 Å². The molecule has 0 aliphatic carbocycles. The summed E-state index contributed by atoms with van der Waals surface area (Å²) in [5.41, 5.74) is 1.16. The molecule has 0 heterocycles. The molecule has 0 unspecified atom stereocenters. The van der Waals surface area contributed by atoms with Crippen molar-refractivity contribution in [3.8, 4) is 0 Å². The van der Waals surface area contributed by atoms with Gasteiger partial charge in [-0.05, 0) is 66.8 Å². The Hall–Kier alpha value is -1.49. The first-order valence-electron chi connectivity index (χ1n) is 7.94. The number of amides is 1. The van der Waals surface area contributed by atoms with Crippen molar-refractivity contribution >= 4 is 51.5 Å². The maximum Gasteiger partial charge on any atom is 0.277 e. The fraction of sp³-hybridized carbons (Fsp3) is 0.278. The number of rotatable bonds is 7. The summed E-state index contributed by atoms with van der Waals surface area (Å²) in [6.07, 6.45) is 0.272. The molecule has 3 N–H and O–H groups in total. The van der Waals surface area contributed by atoms with E-state index in [2.05, 4.69) is 33.4 Å². The molecule has 27 heavy (non-hydrogen) atoms. The molecule has 0 spiro atoms. The van der Waals surface area contributed by atoms with Crippen molar-refractivity contribution in [1.29, 1.82) is 0 Å². The average molecular weight is 511 g/mol. The number of hydrogen-bond acceptors (Lipinski definition) is 4. The summed E-state index contributed by atoms with van der Waals surface area (Å²) in [6, 6.07) is 6.95. The van der Waals surface area contributed by atoms with Gasteiger partial charge in [-0.2, -0.15) is 0 Å². The molecule has 2 rings (SSSR count). The molecule has 2 aromatic carbocycles. The fourth-order valence-electron chi connectivity index (χ4n) is 2.15. The van der Waals surface area contributed by atoms with E-state index in [9.17, 15) is 13.6 Å². The average Bonchev–Trinajstić information content (AvgIpc) is 2.59. The first kappa shape index (κ1) is 21.8. The topological polar surface area (TPSA) is 70.6 Å². The van der Waals surface area contributed by atoms with Crippen molar-refractivity contribution in [2.24, 2.45) is 0 Å². The van der Waals surface area contributed by atoms with E-state index in [1.54, 1.807) is 32.0 Å². The maximum atomic E-state index is 14.4. The summed E-state index contributed by atoms with van der Waals surface area (Å²) in [7, 11) is 0. The van der Waals surface area contributed by atoms with Gasteiger partial charge < -0.3 is 10.4 Å². The van der Waals surface area contributed by atoms with Crippen LogP contribution in [0.5, 0.6) is 0 Å². The van der Waals surface area contributed by atoms with Gasteiger partial charge in [0.1, 0.15) is 0 Å². The molecule has 146 valence electrons. The van der Waals surface area contributed by atoms with Gasteiger partial charge in [0, 0.05) is 16.6 Å². The molecule has 5 nitrogen and oxygen atoms in total. The van der Waals surface area contributed by atoms with Gasteiger partial charge in [-0.3, -0.25) is 9.63 Å². The standard InChI is InChI=1S/C18H18ClF2IN2O3/c1-18(2,7-8-25)27-24-17(26)11-4-5-13(20)15(21)16(11)23-14-6-3-10(22)9-12(14)19/h3-6,9,23,25H,7-8H2,1-2H3,(H,24,26). The van der Waals surface area contributed by atoms with Gasteiger partial charge in [0.15, 0.2) is 11.6 Å². The molecular formula is C18H18ClF2IN2O3. The van der Waals surface area contributed by atoms with E-state index in [1.807, 2.05) is 0 Å². The predicted octanol–water partition coefficient (Wildman–Crippen LogP) is 4.79. The summed E-state index contributed by atoms with van der Waals surface area (Å²) in [5, 5.41) is 12.0. The molecule has 0 aromatic heterocycles. The Morgan fingerprint density at radius 3 is 2.63 bits per heavy atom. The zero-order chi connectivity index (χ0) is 20.2. The van der Waals surface area contributed by atoms with E-state index >= 15 is 0 Å². The van der Waals surface area contributed by atoms with Crippen LogP contribution in [0.25, 0.3) is 0 Å². The molecule has 9 heteroatoms. The van der Waals surface area contributed by atoms with Crippen molar-refractivity contribution in [2.45, 2.75) is 25.9 Å². The number of nitrogens with one attached hydrogen (secondary N) is 2. The highest BCUT2D eigenvalue weighted by atomic mass is 127. The predicted molar refractivity (Wildman–Crippen MR) is 108 cm³/mol. The van der Waals surface area contributed by atoms with Crippen LogP contribution in [0.15, 0.2) is 30.3 Å².